The highest BCUT2D eigenvalue weighted by Crippen LogP contribution is 2.30. The van der Waals surface area contributed by atoms with Gasteiger partial charge < -0.3 is 19.5 Å². The molecule has 0 aliphatic heterocycles. The number of nitrogens with one attached hydrogen (secondary N) is 2. The molecule has 0 atom stereocenters. The van der Waals surface area contributed by atoms with Crippen molar-refractivity contribution in [3.8, 4) is 0 Å². The molecule has 0 saturated heterocycles. The topological polar surface area (TPSA) is 109 Å². The Kier molecular flexibility index (Phi) is 7.22. The first-order valence-electron chi connectivity index (χ1n) is 10.3. The summed E-state index contributed by atoms with van der Waals surface area (Å²) in [4.78, 5) is 24.8. The van der Waals surface area contributed by atoms with Crippen LogP contribution in [-0.2, 0) is 9.59 Å². The van der Waals surface area contributed by atoms with Gasteiger partial charge in [-0.2, -0.15) is 5.11 Å². The Morgan fingerprint density at radius 3 is 1.97 bits per heavy atom. The van der Waals surface area contributed by atoms with Gasteiger partial charge in [0, 0.05) is 17.8 Å². The van der Waals surface area contributed by atoms with Crippen molar-refractivity contribution in [1.82, 2.24) is 0 Å². The number of furan rings is 2. The van der Waals surface area contributed by atoms with Crippen molar-refractivity contribution >= 4 is 46.7 Å². The van der Waals surface area contributed by atoms with E-state index in [1.165, 1.54) is 24.7 Å². The second kappa shape index (κ2) is 11.1. The summed E-state index contributed by atoms with van der Waals surface area (Å²) in [5.74, 6) is 0.352. The van der Waals surface area contributed by atoms with Crippen LogP contribution < -0.4 is 10.6 Å². The van der Waals surface area contributed by atoms with Crippen molar-refractivity contribution in [3.05, 3.63) is 109 Å². The van der Waals surface area contributed by atoms with Crippen LogP contribution in [0.5, 0.6) is 0 Å². The lowest BCUT2D eigenvalue weighted by molar-refractivity contribution is -0.112. The largest absolute Gasteiger partial charge is 0.465 e. The second-order valence-electron chi connectivity index (χ2n) is 6.94. The molecular formula is C26H20N4O4. The fourth-order valence-electron chi connectivity index (χ4n) is 2.85. The lowest BCUT2D eigenvalue weighted by Gasteiger charge is -2.09. The fraction of sp³-hybridized carbons (Fsp3) is 0. The molecule has 0 radical (unpaired) electrons. The van der Waals surface area contributed by atoms with Crippen molar-refractivity contribution in [2.45, 2.75) is 0 Å². The smallest absolute Gasteiger partial charge is 0.248 e. The number of rotatable bonds is 8. The first-order chi connectivity index (χ1) is 16.7. The molecule has 2 aromatic heterocycles. The van der Waals surface area contributed by atoms with E-state index >= 15 is 0 Å². The number of benzene rings is 2. The lowest BCUT2D eigenvalue weighted by Crippen LogP contribution is -2.10. The van der Waals surface area contributed by atoms with E-state index in [-0.39, 0.29) is 5.91 Å². The van der Waals surface area contributed by atoms with Crippen LogP contribution in [0.25, 0.3) is 12.2 Å². The first-order valence-corrected chi connectivity index (χ1v) is 10.3. The number of anilines is 2. The molecule has 34 heavy (non-hydrogen) atoms. The highest BCUT2D eigenvalue weighted by molar-refractivity contribution is 6.05. The van der Waals surface area contributed by atoms with Crippen LogP contribution in [0.3, 0.4) is 0 Å². The van der Waals surface area contributed by atoms with Crippen LogP contribution in [0, 0.1) is 0 Å². The van der Waals surface area contributed by atoms with Crippen LogP contribution in [0.2, 0.25) is 0 Å². The maximum absolute atomic E-state index is 12.5. The molecule has 2 N–H and O–H groups in total. The van der Waals surface area contributed by atoms with E-state index in [1.807, 2.05) is 30.3 Å². The van der Waals surface area contributed by atoms with E-state index in [1.54, 1.807) is 54.6 Å². The molecule has 168 valence electrons. The minimum Gasteiger partial charge on any atom is -0.465 e. The molecule has 2 amide bonds. The third kappa shape index (κ3) is 6.51. The summed E-state index contributed by atoms with van der Waals surface area (Å²) in [7, 11) is 0. The summed E-state index contributed by atoms with van der Waals surface area (Å²) >= 11 is 0. The van der Waals surface area contributed by atoms with E-state index in [4.69, 9.17) is 8.83 Å². The minimum atomic E-state index is -0.395. The lowest BCUT2D eigenvalue weighted by atomic mass is 10.2. The van der Waals surface area contributed by atoms with Crippen LogP contribution in [0.1, 0.15) is 11.5 Å². The molecule has 2 heterocycles. The zero-order valence-corrected chi connectivity index (χ0v) is 17.9. The summed E-state index contributed by atoms with van der Waals surface area (Å²) in [6.45, 7) is 0. The molecular weight excluding hydrogens is 432 g/mol. The first kappa shape index (κ1) is 22.2. The summed E-state index contributed by atoms with van der Waals surface area (Å²) in [6.07, 6.45) is 8.84. The molecule has 0 aliphatic rings. The summed E-state index contributed by atoms with van der Waals surface area (Å²) in [6, 6.07) is 21.1. The molecule has 8 nitrogen and oxygen atoms in total. The zero-order chi connectivity index (χ0) is 23.6. The Labute approximate surface area is 195 Å². The molecule has 8 heteroatoms. The van der Waals surface area contributed by atoms with Gasteiger partial charge in [-0.3, -0.25) is 9.59 Å². The molecule has 0 bridgehead atoms. The number of hydrogen-bond acceptors (Lipinski definition) is 6. The molecule has 0 saturated carbocycles. The van der Waals surface area contributed by atoms with Crippen LogP contribution in [0.4, 0.5) is 22.7 Å². The van der Waals surface area contributed by atoms with Gasteiger partial charge in [-0.15, -0.1) is 5.11 Å². The number of carbonyl (C=O) groups is 2. The third-order valence-corrected chi connectivity index (χ3v) is 4.44. The molecule has 0 spiro atoms. The Hall–Kier alpha value is -4.98. The number of hydrogen-bond donors (Lipinski definition) is 2. The van der Waals surface area contributed by atoms with Crippen molar-refractivity contribution < 1.29 is 18.4 Å². The number of azo groups is 1. The number of carbonyl (C=O) groups excluding carboxylic acids is 2. The van der Waals surface area contributed by atoms with Crippen molar-refractivity contribution in [3.63, 3.8) is 0 Å². The van der Waals surface area contributed by atoms with E-state index in [2.05, 4.69) is 20.9 Å². The SMILES string of the molecule is O=C(C=Cc1ccco1)Nc1ccc(N=Nc2ccccc2)c(NC(=O)C=Cc2ccco2)c1. The Morgan fingerprint density at radius 2 is 1.35 bits per heavy atom. The van der Waals surface area contributed by atoms with Gasteiger partial charge in [0.15, 0.2) is 0 Å². The highest BCUT2D eigenvalue weighted by Gasteiger charge is 2.08. The standard InChI is InChI=1S/C26H20N4O4/c31-25(14-11-21-8-4-16-33-21)27-20-10-13-23(30-29-19-6-2-1-3-7-19)24(18-20)28-26(32)15-12-22-9-5-17-34-22/h1-18H,(H,27,31)(H,28,32). The normalized spacial score (nSPS) is 11.4. The molecule has 0 fully saturated rings. The van der Waals surface area contributed by atoms with Crippen LogP contribution in [-0.4, -0.2) is 11.8 Å². The van der Waals surface area contributed by atoms with Crippen molar-refractivity contribution in [1.29, 1.82) is 0 Å². The molecule has 0 unspecified atom stereocenters. The maximum Gasteiger partial charge on any atom is 0.248 e. The summed E-state index contributed by atoms with van der Waals surface area (Å²) in [5, 5.41) is 14.0. The number of amides is 2. The third-order valence-electron chi connectivity index (χ3n) is 4.44. The van der Waals surface area contributed by atoms with Crippen LogP contribution in [0.15, 0.2) is 117 Å². The van der Waals surface area contributed by atoms with Crippen molar-refractivity contribution in [2.24, 2.45) is 10.2 Å². The van der Waals surface area contributed by atoms with Crippen LogP contribution >= 0.6 is 0 Å². The van der Waals surface area contributed by atoms with Gasteiger partial charge in [0.05, 0.1) is 23.9 Å². The fourth-order valence-corrected chi connectivity index (χ4v) is 2.85. The van der Waals surface area contributed by atoms with Gasteiger partial charge in [0.2, 0.25) is 11.8 Å². The van der Waals surface area contributed by atoms with E-state index in [0.29, 0.717) is 34.3 Å². The van der Waals surface area contributed by atoms with Crippen molar-refractivity contribution in [2.75, 3.05) is 10.6 Å². The number of nitrogens with zero attached hydrogens (tertiary/aromatic N) is 2. The quantitative estimate of drug-likeness (QED) is 0.232. The summed E-state index contributed by atoms with van der Waals surface area (Å²) in [5.41, 5.74) is 1.94. The maximum atomic E-state index is 12.5. The van der Waals surface area contributed by atoms with E-state index in [9.17, 15) is 9.59 Å². The van der Waals surface area contributed by atoms with Gasteiger partial charge in [-0.05, 0) is 66.7 Å². The minimum absolute atomic E-state index is 0.356. The zero-order valence-electron chi connectivity index (χ0n) is 17.9. The Bertz CT molecular complexity index is 1320. The summed E-state index contributed by atoms with van der Waals surface area (Å²) < 4.78 is 10.4. The van der Waals surface area contributed by atoms with Gasteiger partial charge in [-0.1, -0.05) is 18.2 Å². The average Bonchev–Trinajstić information content (AvgIpc) is 3.56. The monoisotopic (exact) mass is 452 g/mol. The Balaban J connectivity index is 1.53. The van der Waals surface area contributed by atoms with E-state index < -0.39 is 5.91 Å². The Morgan fingerprint density at radius 1 is 0.706 bits per heavy atom. The second-order valence-corrected chi connectivity index (χ2v) is 6.94. The van der Waals surface area contributed by atoms with E-state index in [0.717, 1.165) is 0 Å². The van der Waals surface area contributed by atoms with Gasteiger partial charge >= 0.3 is 0 Å². The predicted molar refractivity (Wildman–Crippen MR) is 130 cm³/mol. The molecule has 4 aromatic rings. The van der Waals surface area contributed by atoms with Gasteiger partial charge in [0.25, 0.3) is 0 Å². The van der Waals surface area contributed by atoms with Gasteiger partial charge in [-0.25, -0.2) is 0 Å². The van der Waals surface area contributed by atoms with Gasteiger partial charge in [0.1, 0.15) is 17.2 Å². The average molecular weight is 452 g/mol. The molecule has 0 aliphatic carbocycles. The highest BCUT2D eigenvalue weighted by atomic mass is 16.3. The predicted octanol–water partition coefficient (Wildman–Crippen LogP) is 6.59. The molecule has 2 aromatic carbocycles. The molecule has 4 rings (SSSR count).